The Morgan fingerprint density at radius 3 is 2.47 bits per heavy atom. The van der Waals surface area contributed by atoms with Crippen LogP contribution in [0.5, 0.6) is 5.75 Å². The van der Waals surface area contributed by atoms with Gasteiger partial charge in [0.1, 0.15) is 5.75 Å². The summed E-state index contributed by atoms with van der Waals surface area (Å²) in [4.78, 5) is 0. The van der Waals surface area contributed by atoms with Gasteiger partial charge in [-0.15, -0.1) is 0 Å². The highest BCUT2D eigenvalue weighted by Crippen LogP contribution is 2.09. The van der Waals surface area contributed by atoms with Gasteiger partial charge in [-0.05, 0) is 17.7 Å². The van der Waals surface area contributed by atoms with Gasteiger partial charge in [-0.3, -0.25) is 0 Å². The predicted octanol–water partition coefficient (Wildman–Crippen LogP) is -0.0374. The van der Waals surface area contributed by atoms with E-state index in [1.165, 1.54) is 19.2 Å². The van der Waals surface area contributed by atoms with Crippen LogP contribution < -0.4 is 9.44 Å². The monoisotopic (exact) mass is 260 g/mol. The molecule has 0 heterocycles. The molecule has 17 heavy (non-hydrogen) atoms. The Hall–Kier alpha value is -1.15. The fourth-order valence-electron chi connectivity index (χ4n) is 1.12. The van der Waals surface area contributed by atoms with Crippen molar-refractivity contribution in [2.24, 2.45) is 0 Å². The third-order valence-corrected chi connectivity index (χ3v) is 3.11. The number of phenols is 1. The molecule has 0 aliphatic heterocycles. The van der Waals surface area contributed by atoms with Crippen LogP contribution in [0.25, 0.3) is 0 Å². The molecule has 0 radical (unpaired) electrons. The van der Waals surface area contributed by atoms with E-state index in [9.17, 15) is 8.42 Å². The Kier molecular flexibility index (Phi) is 5.36. The molecule has 0 atom stereocenters. The number of rotatable bonds is 7. The first-order valence-electron chi connectivity index (χ1n) is 5.04. The van der Waals surface area contributed by atoms with Crippen molar-refractivity contribution >= 4 is 10.2 Å². The summed E-state index contributed by atoms with van der Waals surface area (Å²) in [5, 5.41) is 9.06. The Balaban J connectivity index is 2.41. The third kappa shape index (κ3) is 5.64. The lowest BCUT2D eigenvalue weighted by molar-refractivity contribution is 0.204. The standard InChI is InChI=1S/C10H16N2O4S/c1-16-7-6-11-17(14,15)12-8-9-2-4-10(13)5-3-9/h2-5,11-13H,6-8H2,1H3. The van der Waals surface area contributed by atoms with Crippen molar-refractivity contribution in [3.05, 3.63) is 29.8 Å². The van der Waals surface area contributed by atoms with Crippen LogP contribution in [0.1, 0.15) is 5.56 Å². The zero-order valence-electron chi connectivity index (χ0n) is 9.51. The fraction of sp³-hybridized carbons (Fsp3) is 0.400. The second-order valence-corrected chi connectivity index (χ2v) is 4.96. The van der Waals surface area contributed by atoms with Gasteiger partial charge in [0.05, 0.1) is 6.61 Å². The molecule has 1 aromatic carbocycles. The summed E-state index contributed by atoms with van der Waals surface area (Å²) < 4.78 is 32.3. The first-order valence-corrected chi connectivity index (χ1v) is 6.53. The van der Waals surface area contributed by atoms with Gasteiger partial charge in [-0.25, -0.2) is 0 Å². The Morgan fingerprint density at radius 1 is 1.24 bits per heavy atom. The van der Waals surface area contributed by atoms with Crippen molar-refractivity contribution in [2.45, 2.75) is 6.54 Å². The van der Waals surface area contributed by atoms with Crippen LogP contribution in [-0.4, -0.2) is 33.8 Å². The van der Waals surface area contributed by atoms with Crippen LogP contribution in [0.2, 0.25) is 0 Å². The van der Waals surface area contributed by atoms with Crippen molar-refractivity contribution in [1.82, 2.24) is 9.44 Å². The molecule has 3 N–H and O–H groups in total. The molecule has 6 nitrogen and oxygen atoms in total. The average Bonchev–Trinajstić information content (AvgIpc) is 2.29. The van der Waals surface area contributed by atoms with E-state index in [4.69, 9.17) is 9.84 Å². The number of ether oxygens (including phenoxy) is 1. The smallest absolute Gasteiger partial charge is 0.277 e. The second-order valence-electron chi connectivity index (χ2n) is 3.38. The maximum Gasteiger partial charge on any atom is 0.277 e. The number of phenolic OH excluding ortho intramolecular Hbond substituents is 1. The fourth-order valence-corrected chi connectivity index (χ4v) is 1.93. The molecule has 0 aromatic heterocycles. The van der Waals surface area contributed by atoms with Crippen molar-refractivity contribution in [1.29, 1.82) is 0 Å². The van der Waals surface area contributed by atoms with E-state index in [0.717, 1.165) is 5.56 Å². The summed E-state index contributed by atoms with van der Waals surface area (Å²) in [6.07, 6.45) is 0. The minimum atomic E-state index is -3.50. The summed E-state index contributed by atoms with van der Waals surface area (Å²) in [5.41, 5.74) is 0.764. The van der Waals surface area contributed by atoms with Crippen molar-refractivity contribution < 1.29 is 18.3 Å². The van der Waals surface area contributed by atoms with Gasteiger partial charge in [-0.1, -0.05) is 12.1 Å². The Labute approximate surface area is 101 Å². The van der Waals surface area contributed by atoms with Crippen LogP contribution in [-0.2, 0) is 21.5 Å². The van der Waals surface area contributed by atoms with Gasteiger partial charge in [0.2, 0.25) is 0 Å². The number of aromatic hydroxyl groups is 1. The van der Waals surface area contributed by atoms with Crippen LogP contribution in [0, 0.1) is 0 Å². The number of hydrogen-bond donors (Lipinski definition) is 3. The summed E-state index contributed by atoms with van der Waals surface area (Å²) in [6, 6.07) is 6.30. The summed E-state index contributed by atoms with van der Waals surface area (Å²) in [5.74, 6) is 0.148. The van der Waals surface area contributed by atoms with Crippen LogP contribution >= 0.6 is 0 Å². The van der Waals surface area contributed by atoms with Gasteiger partial charge >= 0.3 is 0 Å². The quantitative estimate of drug-likeness (QED) is 0.600. The molecule has 0 aliphatic carbocycles. The maximum atomic E-state index is 11.4. The van der Waals surface area contributed by atoms with Gasteiger partial charge in [0.25, 0.3) is 10.2 Å². The van der Waals surface area contributed by atoms with Crippen LogP contribution in [0.3, 0.4) is 0 Å². The highest BCUT2D eigenvalue weighted by atomic mass is 32.2. The van der Waals surface area contributed by atoms with E-state index < -0.39 is 10.2 Å². The van der Waals surface area contributed by atoms with E-state index in [0.29, 0.717) is 6.61 Å². The minimum Gasteiger partial charge on any atom is -0.508 e. The summed E-state index contributed by atoms with van der Waals surface area (Å²) in [7, 11) is -2.01. The minimum absolute atomic E-state index is 0.148. The summed E-state index contributed by atoms with van der Waals surface area (Å²) >= 11 is 0. The van der Waals surface area contributed by atoms with E-state index in [1.807, 2.05) is 0 Å². The Morgan fingerprint density at radius 2 is 1.88 bits per heavy atom. The molecule has 96 valence electrons. The molecule has 0 amide bonds. The van der Waals surface area contributed by atoms with Crippen molar-refractivity contribution in [3.63, 3.8) is 0 Å². The van der Waals surface area contributed by atoms with Gasteiger partial charge in [0, 0.05) is 20.2 Å². The molecule has 0 saturated heterocycles. The highest BCUT2D eigenvalue weighted by Gasteiger charge is 2.07. The molecule has 1 rings (SSSR count). The molecule has 0 fully saturated rings. The molecular weight excluding hydrogens is 244 g/mol. The number of methoxy groups -OCH3 is 1. The topological polar surface area (TPSA) is 87.7 Å². The van der Waals surface area contributed by atoms with Crippen LogP contribution in [0.15, 0.2) is 24.3 Å². The lowest BCUT2D eigenvalue weighted by Gasteiger charge is -2.07. The lowest BCUT2D eigenvalue weighted by Crippen LogP contribution is -2.37. The van der Waals surface area contributed by atoms with E-state index >= 15 is 0 Å². The summed E-state index contributed by atoms with van der Waals surface area (Å²) in [6.45, 7) is 0.712. The molecular formula is C10H16N2O4S. The zero-order valence-corrected chi connectivity index (χ0v) is 10.3. The van der Waals surface area contributed by atoms with Gasteiger partial charge < -0.3 is 9.84 Å². The molecule has 1 aromatic rings. The number of benzene rings is 1. The van der Waals surface area contributed by atoms with Gasteiger partial charge in [-0.2, -0.15) is 17.9 Å². The van der Waals surface area contributed by atoms with E-state index in [1.54, 1.807) is 12.1 Å². The third-order valence-electron chi connectivity index (χ3n) is 2.00. The van der Waals surface area contributed by atoms with Crippen molar-refractivity contribution in [2.75, 3.05) is 20.3 Å². The molecule has 0 bridgehead atoms. The van der Waals surface area contributed by atoms with Gasteiger partial charge in [0.15, 0.2) is 0 Å². The predicted molar refractivity (Wildman–Crippen MR) is 63.7 cm³/mol. The first kappa shape index (κ1) is 13.9. The molecule has 0 saturated carbocycles. The number of hydrogen-bond acceptors (Lipinski definition) is 4. The Bertz CT molecular complexity index is 430. The normalized spacial score (nSPS) is 11.6. The number of nitrogens with one attached hydrogen (secondary N) is 2. The second kappa shape index (κ2) is 6.55. The maximum absolute atomic E-state index is 11.4. The molecule has 0 aliphatic rings. The average molecular weight is 260 g/mol. The zero-order chi connectivity index (χ0) is 12.7. The largest absolute Gasteiger partial charge is 0.508 e. The molecule has 0 unspecified atom stereocenters. The van der Waals surface area contributed by atoms with E-state index in [-0.39, 0.29) is 18.8 Å². The lowest BCUT2D eigenvalue weighted by atomic mass is 10.2. The molecule has 0 spiro atoms. The highest BCUT2D eigenvalue weighted by molar-refractivity contribution is 7.87. The first-order chi connectivity index (χ1) is 8.03. The molecule has 7 heteroatoms. The van der Waals surface area contributed by atoms with E-state index in [2.05, 4.69) is 9.44 Å². The van der Waals surface area contributed by atoms with Crippen LogP contribution in [0.4, 0.5) is 0 Å². The van der Waals surface area contributed by atoms with Crippen molar-refractivity contribution in [3.8, 4) is 5.75 Å². The SMILES string of the molecule is COCCNS(=O)(=O)NCc1ccc(O)cc1.